The summed E-state index contributed by atoms with van der Waals surface area (Å²) in [5.74, 6) is 1.86. The van der Waals surface area contributed by atoms with Crippen molar-refractivity contribution in [1.29, 1.82) is 0 Å². The van der Waals surface area contributed by atoms with Gasteiger partial charge < -0.3 is 10.5 Å². The highest BCUT2D eigenvalue weighted by Gasteiger charge is 2.12. The van der Waals surface area contributed by atoms with E-state index in [-0.39, 0.29) is 0 Å². The van der Waals surface area contributed by atoms with E-state index in [1.54, 1.807) is 18.4 Å². The maximum atomic E-state index is 5.76. The molecule has 0 spiro atoms. The molecule has 2 N–H and O–H groups in total. The van der Waals surface area contributed by atoms with Crippen LogP contribution in [0.3, 0.4) is 0 Å². The number of nitrogens with zero attached hydrogens (tertiary/aromatic N) is 1. The van der Waals surface area contributed by atoms with Gasteiger partial charge in [0, 0.05) is 5.56 Å². The quantitative estimate of drug-likeness (QED) is 0.915. The predicted octanol–water partition coefficient (Wildman–Crippen LogP) is 4.29. The van der Waals surface area contributed by atoms with Gasteiger partial charge in [0.25, 0.3) is 0 Å². The molecular formula is C13H15BrN2OS. The summed E-state index contributed by atoms with van der Waals surface area (Å²) in [5, 5.41) is 0.920. The molecule has 5 heteroatoms. The van der Waals surface area contributed by atoms with Gasteiger partial charge in [0.2, 0.25) is 0 Å². The standard InChI is InChI=1S/C13H15BrN2OS/c1-7(2)9-6-8(4-5-10(9)17-3)13-16-12(15)11(14)18-13/h4-7H,15H2,1-3H3. The van der Waals surface area contributed by atoms with Crippen molar-refractivity contribution in [3.8, 4) is 16.3 Å². The Bertz CT molecular complexity index is 547. The third kappa shape index (κ3) is 2.52. The van der Waals surface area contributed by atoms with Crippen molar-refractivity contribution >= 4 is 33.1 Å². The van der Waals surface area contributed by atoms with Crippen LogP contribution in [0.15, 0.2) is 22.0 Å². The molecule has 3 nitrogen and oxygen atoms in total. The fourth-order valence-corrected chi connectivity index (χ4v) is 3.01. The number of nitrogen functional groups attached to an aromatic ring is 1. The topological polar surface area (TPSA) is 48.1 Å². The highest BCUT2D eigenvalue weighted by molar-refractivity contribution is 9.11. The molecule has 0 saturated carbocycles. The summed E-state index contributed by atoms with van der Waals surface area (Å²) in [6.07, 6.45) is 0. The molecule has 0 radical (unpaired) electrons. The molecular weight excluding hydrogens is 312 g/mol. The first-order chi connectivity index (χ1) is 8.52. The maximum absolute atomic E-state index is 5.76. The average molecular weight is 327 g/mol. The van der Waals surface area contributed by atoms with Gasteiger partial charge in [-0.2, -0.15) is 0 Å². The zero-order valence-corrected chi connectivity index (χ0v) is 12.9. The lowest BCUT2D eigenvalue weighted by Gasteiger charge is -2.12. The largest absolute Gasteiger partial charge is 0.496 e. The number of methoxy groups -OCH3 is 1. The van der Waals surface area contributed by atoms with E-state index in [4.69, 9.17) is 10.5 Å². The Hall–Kier alpha value is -1.07. The van der Waals surface area contributed by atoms with Crippen LogP contribution >= 0.6 is 27.3 Å². The summed E-state index contributed by atoms with van der Waals surface area (Å²) < 4.78 is 6.25. The summed E-state index contributed by atoms with van der Waals surface area (Å²) in [5.41, 5.74) is 8.01. The number of anilines is 1. The number of benzene rings is 1. The van der Waals surface area contributed by atoms with Crippen LogP contribution < -0.4 is 10.5 Å². The predicted molar refractivity (Wildman–Crippen MR) is 80.3 cm³/mol. The van der Waals surface area contributed by atoms with Crippen molar-refractivity contribution < 1.29 is 4.74 Å². The third-order valence-electron chi connectivity index (χ3n) is 2.71. The van der Waals surface area contributed by atoms with Crippen molar-refractivity contribution in [3.63, 3.8) is 0 Å². The van der Waals surface area contributed by atoms with E-state index < -0.39 is 0 Å². The minimum atomic E-state index is 0.403. The van der Waals surface area contributed by atoms with Crippen LogP contribution in [-0.2, 0) is 0 Å². The Balaban J connectivity index is 2.49. The van der Waals surface area contributed by atoms with Crippen molar-refractivity contribution in [3.05, 3.63) is 27.5 Å². The first kappa shape index (κ1) is 13.4. The molecule has 0 bridgehead atoms. The van der Waals surface area contributed by atoms with E-state index >= 15 is 0 Å². The molecule has 2 rings (SSSR count). The van der Waals surface area contributed by atoms with Crippen molar-refractivity contribution in [2.24, 2.45) is 0 Å². The van der Waals surface area contributed by atoms with Gasteiger partial charge in [0.1, 0.15) is 20.4 Å². The van der Waals surface area contributed by atoms with Crippen molar-refractivity contribution in [1.82, 2.24) is 4.98 Å². The Morgan fingerprint density at radius 1 is 1.39 bits per heavy atom. The lowest BCUT2D eigenvalue weighted by molar-refractivity contribution is 0.407. The average Bonchev–Trinajstić information content (AvgIpc) is 2.68. The number of hydrogen-bond acceptors (Lipinski definition) is 4. The van der Waals surface area contributed by atoms with Crippen molar-refractivity contribution in [2.45, 2.75) is 19.8 Å². The van der Waals surface area contributed by atoms with E-state index in [2.05, 4.69) is 40.8 Å². The fraction of sp³-hybridized carbons (Fsp3) is 0.308. The normalized spacial score (nSPS) is 10.9. The molecule has 1 aromatic carbocycles. The number of halogens is 1. The highest BCUT2D eigenvalue weighted by atomic mass is 79.9. The number of aromatic nitrogens is 1. The SMILES string of the molecule is COc1ccc(-c2nc(N)c(Br)s2)cc1C(C)C. The first-order valence-corrected chi connectivity index (χ1v) is 7.24. The molecule has 18 heavy (non-hydrogen) atoms. The molecule has 0 aliphatic heterocycles. The van der Waals surface area contributed by atoms with Gasteiger partial charge in [-0.1, -0.05) is 13.8 Å². The van der Waals surface area contributed by atoms with Crippen LogP contribution in [0.25, 0.3) is 10.6 Å². The fourth-order valence-electron chi connectivity index (χ4n) is 1.76. The number of hydrogen-bond donors (Lipinski definition) is 1. The molecule has 0 atom stereocenters. The molecule has 0 aliphatic rings. The number of rotatable bonds is 3. The molecule has 2 aromatic rings. The summed E-state index contributed by atoms with van der Waals surface area (Å²) in [4.78, 5) is 4.35. The van der Waals surface area contributed by atoms with E-state index in [1.807, 2.05) is 12.1 Å². The molecule has 0 unspecified atom stereocenters. The van der Waals surface area contributed by atoms with Gasteiger partial charge in [0.15, 0.2) is 0 Å². The molecule has 0 saturated heterocycles. The minimum absolute atomic E-state index is 0.403. The zero-order chi connectivity index (χ0) is 13.3. The number of nitrogens with two attached hydrogens (primary N) is 1. The Kier molecular flexibility index (Phi) is 3.92. The molecule has 96 valence electrons. The second-order valence-corrected chi connectivity index (χ2v) is 6.61. The zero-order valence-electron chi connectivity index (χ0n) is 10.5. The van der Waals surface area contributed by atoms with E-state index in [0.717, 1.165) is 20.1 Å². The molecule has 1 heterocycles. The molecule has 0 fully saturated rings. The van der Waals surface area contributed by atoms with Crippen LogP contribution in [0.4, 0.5) is 5.82 Å². The minimum Gasteiger partial charge on any atom is -0.496 e. The van der Waals surface area contributed by atoms with Gasteiger partial charge in [0.05, 0.1) is 7.11 Å². The van der Waals surface area contributed by atoms with Gasteiger partial charge >= 0.3 is 0 Å². The van der Waals surface area contributed by atoms with Gasteiger partial charge in [-0.25, -0.2) is 4.98 Å². The first-order valence-electron chi connectivity index (χ1n) is 5.63. The van der Waals surface area contributed by atoms with Gasteiger partial charge in [-0.3, -0.25) is 0 Å². The smallest absolute Gasteiger partial charge is 0.149 e. The van der Waals surface area contributed by atoms with Gasteiger partial charge in [-0.15, -0.1) is 11.3 Å². The highest BCUT2D eigenvalue weighted by Crippen LogP contribution is 2.36. The van der Waals surface area contributed by atoms with Crippen LogP contribution in [0, 0.1) is 0 Å². The Labute approximate surface area is 119 Å². The molecule has 0 aliphatic carbocycles. The lowest BCUT2D eigenvalue weighted by atomic mass is 10.00. The van der Waals surface area contributed by atoms with Crippen LogP contribution in [-0.4, -0.2) is 12.1 Å². The maximum Gasteiger partial charge on any atom is 0.149 e. The Morgan fingerprint density at radius 2 is 2.11 bits per heavy atom. The van der Waals surface area contributed by atoms with E-state index in [1.165, 1.54) is 5.56 Å². The molecule has 0 amide bonds. The second-order valence-electron chi connectivity index (χ2n) is 4.29. The lowest BCUT2D eigenvalue weighted by Crippen LogP contribution is -1.94. The number of ether oxygens (including phenoxy) is 1. The van der Waals surface area contributed by atoms with E-state index in [9.17, 15) is 0 Å². The van der Waals surface area contributed by atoms with Gasteiger partial charge in [-0.05, 0) is 45.6 Å². The second kappa shape index (κ2) is 5.28. The Morgan fingerprint density at radius 3 is 2.61 bits per heavy atom. The summed E-state index contributed by atoms with van der Waals surface area (Å²) in [7, 11) is 1.69. The third-order valence-corrected chi connectivity index (χ3v) is 4.51. The number of thiazole rings is 1. The van der Waals surface area contributed by atoms with Crippen LogP contribution in [0.5, 0.6) is 5.75 Å². The van der Waals surface area contributed by atoms with Crippen molar-refractivity contribution in [2.75, 3.05) is 12.8 Å². The monoisotopic (exact) mass is 326 g/mol. The molecule has 1 aromatic heterocycles. The van der Waals surface area contributed by atoms with Crippen LogP contribution in [0.1, 0.15) is 25.3 Å². The summed E-state index contributed by atoms with van der Waals surface area (Å²) in [6, 6.07) is 6.11. The summed E-state index contributed by atoms with van der Waals surface area (Å²) >= 11 is 4.94. The summed E-state index contributed by atoms with van der Waals surface area (Å²) in [6.45, 7) is 4.29. The van der Waals surface area contributed by atoms with E-state index in [0.29, 0.717) is 11.7 Å². The van der Waals surface area contributed by atoms with Crippen LogP contribution in [0.2, 0.25) is 0 Å².